The van der Waals surface area contributed by atoms with E-state index in [0.29, 0.717) is 19.6 Å². The Hall–Kier alpha value is -1.72. The zero-order valence-corrected chi connectivity index (χ0v) is 17.2. The van der Waals surface area contributed by atoms with Crippen molar-refractivity contribution in [3.05, 3.63) is 41.0 Å². The van der Waals surface area contributed by atoms with Gasteiger partial charge in [0, 0.05) is 38.1 Å². The Kier molecular flexibility index (Phi) is 7.18. The molecule has 2 aromatic rings. The highest BCUT2D eigenvalue weighted by molar-refractivity contribution is 7.91. The summed E-state index contributed by atoms with van der Waals surface area (Å²) < 4.78 is 38.0. The predicted octanol–water partition coefficient (Wildman–Crippen LogP) is 1.70. The topological polar surface area (TPSA) is 97.8 Å². The number of rotatable bonds is 5. The molecule has 1 unspecified atom stereocenters. The van der Waals surface area contributed by atoms with Crippen LogP contribution in [0.1, 0.15) is 21.3 Å². The molecule has 0 spiro atoms. The first-order valence-electron chi connectivity index (χ1n) is 7.87. The predicted molar refractivity (Wildman–Crippen MR) is 103 cm³/mol. The summed E-state index contributed by atoms with van der Waals surface area (Å²) in [6, 6.07) is 4.62. The second-order valence-electron chi connectivity index (χ2n) is 5.58. The number of sulfonamides is 1. The monoisotopic (exact) mass is 433 g/mol. The van der Waals surface area contributed by atoms with Gasteiger partial charge in [-0.25, -0.2) is 13.2 Å². The number of carbonyl (C=O) groups is 1. The second-order valence-corrected chi connectivity index (χ2v) is 8.72. The molecule has 1 aliphatic rings. The number of thiophene rings is 1. The molecule has 0 aliphatic carbocycles. The van der Waals surface area contributed by atoms with Crippen LogP contribution in [0.4, 0.5) is 0 Å². The standard InChI is InChI=1S/C16H19N3O5S2.ClH/c1-23-13-8-14(15(20)24-2)25-16(13)26(21,22)19-7-6-18-10-12(19)11-4-3-5-17-9-11;/h3-5,8-9,12,18H,6-7,10H2,1-2H3;1H. The molecule has 3 rings (SSSR count). The molecule has 148 valence electrons. The van der Waals surface area contributed by atoms with Gasteiger partial charge in [-0.3, -0.25) is 4.98 Å². The molecule has 1 atom stereocenters. The molecule has 0 aromatic carbocycles. The van der Waals surface area contributed by atoms with Crippen LogP contribution in [0.2, 0.25) is 0 Å². The van der Waals surface area contributed by atoms with E-state index >= 15 is 0 Å². The molecule has 1 saturated heterocycles. The first-order valence-corrected chi connectivity index (χ1v) is 10.1. The molecular weight excluding hydrogens is 414 g/mol. The smallest absolute Gasteiger partial charge is 0.348 e. The first kappa shape index (κ1) is 21.6. The van der Waals surface area contributed by atoms with Crippen molar-refractivity contribution in [1.82, 2.24) is 14.6 Å². The van der Waals surface area contributed by atoms with Crippen LogP contribution in [0.15, 0.2) is 34.8 Å². The average molecular weight is 434 g/mol. The maximum Gasteiger partial charge on any atom is 0.348 e. The lowest BCUT2D eigenvalue weighted by Gasteiger charge is -2.35. The number of halogens is 1. The van der Waals surface area contributed by atoms with Crippen molar-refractivity contribution in [1.29, 1.82) is 0 Å². The van der Waals surface area contributed by atoms with Crippen LogP contribution in [0.5, 0.6) is 5.75 Å². The third-order valence-electron chi connectivity index (χ3n) is 4.08. The molecule has 8 nitrogen and oxygen atoms in total. The number of nitrogens with zero attached hydrogens (tertiary/aromatic N) is 2. The number of methoxy groups -OCH3 is 2. The number of aromatic nitrogens is 1. The van der Waals surface area contributed by atoms with Gasteiger partial charge in [0.1, 0.15) is 4.88 Å². The van der Waals surface area contributed by atoms with Gasteiger partial charge in [-0.2, -0.15) is 4.31 Å². The van der Waals surface area contributed by atoms with Crippen LogP contribution < -0.4 is 10.1 Å². The molecule has 2 aromatic heterocycles. The van der Waals surface area contributed by atoms with E-state index in [0.717, 1.165) is 16.9 Å². The molecule has 1 fully saturated rings. The lowest BCUT2D eigenvalue weighted by atomic mass is 10.1. The van der Waals surface area contributed by atoms with E-state index in [2.05, 4.69) is 15.0 Å². The van der Waals surface area contributed by atoms with Crippen LogP contribution in [0, 0.1) is 0 Å². The third-order valence-corrected chi connectivity index (χ3v) is 7.58. The summed E-state index contributed by atoms with van der Waals surface area (Å²) in [4.78, 5) is 16.1. The van der Waals surface area contributed by atoms with Crippen LogP contribution in [-0.4, -0.2) is 57.5 Å². The number of carbonyl (C=O) groups excluding carboxylic acids is 1. The molecule has 0 saturated carbocycles. The van der Waals surface area contributed by atoms with Crippen LogP contribution in [-0.2, 0) is 14.8 Å². The van der Waals surface area contributed by atoms with E-state index in [4.69, 9.17) is 4.74 Å². The Morgan fingerprint density at radius 2 is 2.19 bits per heavy atom. The van der Waals surface area contributed by atoms with E-state index in [1.54, 1.807) is 18.5 Å². The number of hydrogen-bond acceptors (Lipinski definition) is 8. The zero-order chi connectivity index (χ0) is 18.7. The van der Waals surface area contributed by atoms with Crippen molar-refractivity contribution in [2.24, 2.45) is 0 Å². The second kappa shape index (κ2) is 8.98. The van der Waals surface area contributed by atoms with Crippen LogP contribution in [0.3, 0.4) is 0 Å². The van der Waals surface area contributed by atoms with Crippen LogP contribution in [0.25, 0.3) is 0 Å². The lowest BCUT2D eigenvalue weighted by molar-refractivity contribution is 0.0606. The highest BCUT2D eigenvalue weighted by Gasteiger charge is 2.38. The molecule has 1 N–H and O–H groups in total. The minimum Gasteiger partial charge on any atom is -0.494 e. The molecule has 11 heteroatoms. The van der Waals surface area contributed by atoms with E-state index in [1.807, 2.05) is 6.07 Å². The molecule has 1 aliphatic heterocycles. The van der Waals surface area contributed by atoms with Crippen molar-refractivity contribution >= 4 is 39.7 Å². The fraction of sp³-hybridized carbons (Fsp3) is 0.375. The number of nitrogens with one attached hydrogen (secondary N) is 1. The van der Waals surface area contributed by atoms with Gasteiger partial charge in [0.05, 0.1) is 20.3 Å². The van der Waals surface area contributed by atoms with E-state index in [1.165, 1.54) is 24.6 Å². The Labute approximate surface area is 168 Å². The van der Waals surface area contributed by atoms with Gasteiger partial charge < -0.3 is 14.8 Å². The third kappa shape index (κ3) is 4.25. The first-order chi connectivity index (χ1) is 12.5. The van der Waals surface area contributed by atoms with Crippen molar-refractivity contribution < 1.29 is 22.7 Å². The number of pyridine rings is 1. The van der Waals surface area contributed by atoms with Gasteiger partial charge in [0.2, 0.25) is 0 Å². The maximum atomic E-state index is 13.3. The Morgan fingerprint density at radius 3 is 2.81 bits per heavy atom. The molecule has 0 radical (unpaired) electrons. The minimum atomic E-state index is -3.87. The number of esters is 1. The Bertz CT molecular complexity index is 889. The molecule has 0 bridgehead atoms. The van der Waals surface area contributed by atoms with Gasteiger partial charge in [-0.15, -0.1) is 23.7 Å². The highest BCUT2D eigenvalue weighted by atomic mass is 35.5. The number of piperazine rings is 1. The fourth-order valence-electron chi connectivity index (χ4n) is 2.82. The van der Waals surface area contributed by atoms with Crippen molar-refractivity contribution in [3.63, 3.8) is 0 Å². The van der Waals surface area contributed by atoms with Gasteiger partial charge in [-0.05, 0) is 11.6 Å². The summed E-state index contributed by atoms with van der Waals surface area (Å²) in [5.74, 6) is -0.460. The van der Waals surface area contributed by atoms with Crippen molar-refractivity contribution in [2.75, 3.05) is 33.9 Å². The summed E-state index contributed by atoms with van der Waals surface area (Å²) >= 11 is 0.849. The van der Waals surface area contributed by atoms with E-state index in [9.17, 15) is 13.2 Å². The number of ether oxygens (including phenoxy) is 2. The Balaban J connectivity index is 0.00000261. The van der Waals surface area contributed by atoms with Gasteiger partial charge in [0.25, 0.3) is 10.0 Å². The van der Waals surface area contributed by atoms with Crippen LogP contribution >= 0.6 is 23.7 Å². The minimum absolute atomic E-state index is 0. The molecule has 27 heavy (non-hydrogen) atoms. The Morgan fingerprint density at radius 1 is 1.41 bits per heavy atom. The average Bonchev–Trinajstić information content (AvgIpc) is 3.13. The summed E-state index contributed by atoms with van der Waals surface area (Å²) in [7, 11) is -1.25. The summed E-state index contributed by atoms with van der Waals surface area (Å²) in [6.07, 6.45) is 3.30. The summed E-state index contributed by atoms with van der Waals surface area (Å²) in [5, 5.41) is 3.21. The zero-order valence-electron chi connectivity index (χ0n) is 14.7. The van der Waals surface area contributed by atoms with Gasteiger partial charge >= 0.3 is 5.97 Å². The number of hydrogen-bond donors (Lipinski definition) is 1. The fourth-order valence-corrected chi connectivity index (χ4v) is 6.04. The van der Waals surface area contributed by atoms with Crippen molar-refractivity contribution in [3.8, 4) is 5.75 Å². The van der Waals surface area contributed by atoms with E-state index < -0.39 is 22.0 Å². The molecule has 3 heterocycles. The molecule has 0 amide bonds. The SMILES string of the molecule is COC(=O)c1cc(OC)c(S(=O)(=O)N2CCNCC2c2cccnc2)s1.Cl. The summed E-state index contributed by atoms with van der Waals surface area (Å²) in [6.45, 7) is 1.31. The lowest BCUT2D eigenvalue weighted by Crippen LogP contribution is -2.48. The largest absolute Gasteiger partial charge is 0.494 e. The molecular formula is C16H20ClN3O5S2. The summed E-state index contributed by atoms with van der Waals surface area (Å²) in [5.41, 5.74) is 0.798. The maximum absolute atomic E-state index is 13.3. The van der Waals surface area contributed by atoms with Gasteiger partial charge in [-0.1, -0.05) is 6.07 Å². The van der Waals surface area contributed by atoms with E-state index in [-0.39, 0.29) is 27.2 Å². The highest BCUT2D eigenvalue weighted by Crippen LogP contribution is 2.38. The quantitative estimate of drug-likeness (QED) is 0.716. The normalized spacial score (nSPS) is 17.8. The van der Waals surface area contributed by atoms with Crippen molar-refractivity contribution in [2.45, 2.75) is 10.3 Å². The van der Waals surface area contributed by atoms with Gasteiger partial charge in [0.15, 0.2) is 9.96 Å².